The highest BCUT2D eigenvalue weighted by Gasteiger charge is 2.48. The highest BCUT2D eigenvalue weighted by molar-refractivity contribution is 5.96. The highest BCUT2D eigenvalue weighted by atomic mass is 19.4. The van der Waals surface area contributed by atoms with E-state index in [1.165, 1.54) is 31.3 Å². The van der Waals surface area contributed by atoms with Gasteiger partial charge in [0.1, 0.15) is 0 Å². The average Bonchev–Trinajstić information content (AvgIpc) is 2.65. The van der Waals surface area contributed by atoms with Gasteiger partial charge in [0.2, 0.25) is 0 Å². The van der Waals surface area contributed by atoms with Crippen LogP contribution in [0.3, 0.4) is 0 Å². The summed E-state index contributed by atoms with van der Waals surface area (Å²) in [6.07, 6.45) is -3.52. The average molecular weight is 386 g/mol. The van der Waals surface area contributed by atoms with Crippen molar-refractivity contribution in [3.8, 4) is 0 Å². The monoisotopic (exact) mass is 386 g/mol. The van der Waals surface area contributed by atoms with Crippen molar-refractivity contribution in [2.24, 2.45) is 11.8 Å². The van der Waals surface area contributed by atoms with Gasteiger partial charge < -0.3 is 15.4 Å². The maximum atomic E-state index is 13.0. The van der Waals surface area contributed by atoms with Crippen molar-refractivity contribution in [2.75, 3.05) is 19.0 Å². The Morgan fingerprint density at radius 3 is 2.33 bits per heavy atom. The van der Waals surface area contributed by atoms with Gasteiger partial charge in [-0.2, -0.15) is 13.2 Å². The molecule has 2 rings (SSSR count). The Morgan fingerprint density at radius 1 is 1.11 bits per heavy atom. The summed E-state index contributed by atoms with van der Waals surface area (Å²) in [5, 5.41) is 4.91. The van der Waals surface area contributed by atoms with Gasteiger partial charge >= 0.3 is 12.1 Å². The first-order valence-electron chi connectivity index (χ1n) is 8.57. The number of anilines is 1. The number of carbonyl (C=O) groups excluding carboxylic acids is 3. The zero-order chi connectivity index (χ0) is 20.0. The summed E-state index contributed by atoms with van der Waals surface area (Å²) < 4.78 is 43.9. The minimum absolute atomic E-state index is 0.103. The van der Waals surface area contributed by atoms with E-state index in [1.807, 2.05) is 0 Å². The number of nitrogens with one attached hydrogen (secondary N) is 2. The Hall–Kier alpha value is -2.58. The van der Waals surface area contributed by atoms with Crippen LogP contribution >= 0.6 is 0 Å². The molecule has 1 aromatic carbocycles. The topological polar surface area (TPSA) is 84.5 Å². The second-order valence-electron chi connectivity index (χ2n) is 6.35. The third-order valence-corrected chi connectivity index (χ3v) is 4.49. The van der Waals surface area contributed by atoms with Crippen LogP contribution in [0.2, 0.25) is 0 Å². The highest BCUT2D eigenvalue weighted by Crippen LogP contribution is 2.41. The molecule has 0 aliphatic heterocycles. The zero-order valence-corrected chi connectivity index (χ0v) is 14.8. The molecule has 0 radical (unpaired) electrons. The van der Waals surface area contributed by atoms with E-state index in [0.717, 1.165) is 0 Å². The first-order chi connectivity index (χ1) is 12.7. The molecule has 2 N–H and O–H groups in total. The van der Waals surface area contributed by atoms with Crippen molar-refractivity contribution in [3.05, 3.63) is 29.8 Å². The van der Waals surface area contributed by atoms with E-state index < -0.39 is 36.5 Å². The fraction of sp³-hybridized carbons (Fsp3) is 0.500. The lowest BCUT2D eigenvalue weighted by Crippen LogP contribution is -2.38. The summed E-state index contributed by atoms with van der Waals surface area (Å²) in [5.74, 6) is -4.94. The van der Waals surface area contributed by atoms with E-state index >= 15 is 0 Å². The summed E-state index contributed by atoms with van der Waals surface area (Å²) in [4.78, 5) is 35.3. The Kier molecular flexibility index (Phi) is 6.81. The van der Waals surface area contributed by atoms with Gasteiger partial charge in [0.15, 0.2) is 6.61 Å². The van der Waals surface area contributed by atoms with Crippen LogP contribution in [0, 0.1) is 11.8 Å². The van der Waals surface area contributed by atoms with E-state index in [9.17, 15) is 27.6 Å². The van der Waals surface area contributed by atoms with Crippen LogP contribution in [-0.2, 0) is 14.3 Å². The smallest absolute Gasteiger partial charge is 0.392 e. The molecule has 9 heteroatoms. The molecule has 2 amide bonds. The van der Waals surface area contributed by atoms with Gasteiger partial charge in [-0.05, 0) is 37.1 Å². The van der Waals surface area contributed by atoms with Crippen LogP contribution in [0.25, 0.3) is 0 Å². The van der Waals surface area contributed by atoms with Crippen molar-refractivity contribution >= 4 is 23.5 Å². The number of carbonyl (C=O) groups is 3. The van der Waals surface area contributed by atoms with Gasteiger partial charge in [-0.25, -0.2) is 0 Å². The molecule has 1 aliphatic rings. The lowest BCUT2D eigenvalue weighted by molar-refractivity contribution is -0.204. The number of alkyl halides is 3. The van der Waals surface area contributed by atoms with Crippen LogP contribution < -0.4 is 10.6 Å². The molecule has 0 heterocycles. The molecule has 0 aromatic heterocycles. The molecule has 1 fully saturated rings. The van der Waals surface area contributed by atoms with Crippen LogP contribution in [-0.4, -0.2) is 37.6 Å². The Balaban J connectivity index is 1.87. The van der Waals surface area contributed by atoms with E-state index in [0.29, 0.717) is 24.1 Å². The van der Waals surface area contributed by atoms with Gasteiger partial charge in [0, 0.05) is 18.3 Å². The van der Waals surface area contributed by atoms with Crippen LogP contribution in [0.5, 0.6) is 0 Å². The van der Waals surface area contributed by atoms with E-state index in [2.05, 4.69) is 10.6 Å². The predicted molar refractivity (Wildman–Crippen MR) is 90.9 cm³/mol. The third-order valence-electron chi connectivity index (χ3n) is 4.49. The van der Waals surface area contributed by atoms with Crippen molar-refractivity contribution < 1.29 is 32.3 Å². The molecule has 27 heavy (non-hydrogen) atoms. The minimum Gasteiger partial charge on any atom is -0.455 e. The zero-order valence-electron chi connectivity index (χ0n) is 14.8. The second kappa shape index (κ2) is 8.88. The molecule has 1 aromatic rings. The number of esters is 1. The molecule has 0 saturated heterocycles. The standard InChI is InChI=1S/C18H21F3N2O4/c1-22-16(25)11-6-8-12(9-7-11)23-15(24)10-27-17(26)13-4-2-3-5-14(13)18(19,20)21/h6-9,13-14H,2-5,10H2,1H3,(H,22,25)(H,23,24)/t13-,14-/m0/s1. The Labute approximate surface area is 154 Å². The molecule has 148 valence electrons. The number of ether oxygens (including phenoxy) is 1. The van der Waals surface area contributed by atoms with Crippen LogP contribution in [0.1, 0.15) is 36.0 Å². The summed E-state index contributed by atoms with van der Waals surface area (Å²) >= 11 is 0. The Morgan fingerprint density at radius 2 is 1.74 bits per heavy atom. The van der Waals surface area contributed by atoms with Gasteiger partial charge in [-0.1, -0.05) is 12.8 Å². The number of rotatable bonds is 5. The van der Waals surface area contributed by atoms with Gasteiger partial charge in [-0.15, -0.1) is 0 Å². The van der Waals surface area contributed by atoms with Crippen molar-refractivity contribution in [2.45, 2.75) is 31.9 Å². The SMILES string of the molecule is CNC(=O)c1ccc(NC(=O)COC(=O)[C@H]2CCCC[C@@H]2C(F)(F)F)cc1. The molecular formula is C18H21F3N2O4. The van der Waals surface area contributed by atoms with Gasteiger partial charge in [0.25, 0.3) is 11.8 Å². The fourth-order valence-electron chi connectivity index (χ4n) is 3.09. The van der Waals surface area contributed by atoms with Crippen molar-refractivity contribution in [1.29, 1.82) is 0 Å². The number of halogens is 3. The predicted octanol–water partition coefficient (Wildman–Crippen LogP) is 2.90. The summed E-state index contributed by atoms with van der Waals surface area (Å²) in [7, 11) is 1.49. The number of hydrogen-bond acceptors (Lipinski definition) is 4. The lowest BCUT2D eigenvalue weighted by atomic mass is 9.79. The minimum atomic E-state index is -4.46. The lowest BCUT2D eigenvalue weighted by Gasteiger charge is -2.31. The molecule has 1 aliphatic carbocycles. The van der Waals surface area contributed by atoms with Gasteiger partial charge in [0.05, 0.1) is 11.8 Å². The maximum Gasteiger partial charge on any atom is 0.392 e. The third kappa shape index (κ3) is 5.70. The second-order valence-corrected chi connectivity index (χ2v) is 6.35. The largest absolute Gasteiger partial charge is 0.455 e. The molecule has 0 unspecified atom stereocenters. The van der Waals surface area contributed by atoms with E-state index in [-0.39, 0.29) is 18.7 Å². The van der Waals surface area contributed by atoms with Gasteiger partial charge in [-0.3, -0.25) is 14.4 Å². The molecule has 2 atom stereocenters. The fourth-order valence-corrected chi connectivity index (χ4v) is 3.09. The number of benzene rings is 1. The number of hydrogen-bond donors (Lipinski definition) is 2. The molecule has 0 spiro atoms. The first-order valence-corrected chi connectivity index (χ1v) is 8.57. The molecule has 1 saturated carbocycles. The normalized spacial score (nSPS) is 19.9. The molecule has 0 bridgehead atoms. The summed E-state index contributed by atoms with van der Waals surface area (Å²) in [6, 6.07) is 5.98. The first kappa shape index (κ1) is 20.7. The van der Waals surface area contributed by atoms with Crippen molar-refractivity contribution in [1.82, 2.24) is 5.32 Å². The van der Waals surface area contributed by atoms with Crippen LogP contribution in [0.4, 0.5) is 18.9 Å². The number of amides is 2. The van der Waals surface area contributed by atoms with E-state index in [4.69, 9.17) is 4.74 Å². The molecule has 6 nitrogen and oxygen atoms in total. The van der Waals surface area contributed by atoms with Crippen LogP contribution in [0.15, 0.2) is 24.3 Å². The Bertz CT molecular complexity index is 689. The quantitative estimate of drug-likeness (QED) is 0.762. The maximum absolute atomic E-state index is 13.0. The summed E-state index contributed by atoms with van der Waals surface area (Å²) in [6.45, 7) is -0.670. The van der Waals surface area contributed by atoms with E-state index in [1.54, 1.807) is 0 Å². The summed E-state index contributed by atoms with van der Waals surface area (Å²) in [5.41, 5.74) is 0.770. The van der Waals surface area contributed by atoms with Crippen molar-refractivity contribution in [3.63, 3.8) is 0 Å². The molecular weight excluding hydrogens is 365 g/mol.